The van der Waals surface area contributed by atoms with E-state index >= 15 is 0 Å². The molecule has 0 bridgehead atoms. The zero-order valence-corrected chi connectivity index (χ0v) is 13.7. The van der Waals surface area contributed by atoms with Gasteiger partial charge in [-0.25, -0.2) is 0 Å². The van der Waals surface area contributed by atoms with E-state index < -0.39 is 0 Å². The molecule has 0 aliphatic carbocycles. The molecule has 4 rings (SSSR count). The number of nitrogens with one attached hydrogen (secondary N) is 1. The predicted octanol–water partition coefficient (Wildman–Crippen LogP) is 4.36. The fourth-order valence-corrected chi connectivity index (χ4v) is 3.12. The molecule has 1 N–H and O–H groups in total. The molecule has 4 aromatic rings. The summed E-state index contributed by atoms with van der Waals surface area (Å²) in [6.45, 7) is 0. The van der Waals surface area contributed by atoms with E-state index in [-0.39, 0.29) is 0 Å². The average Bonchev–Trinajstić information content (AvgIpc) is 3.09. The van der Waals surface area contributed by atoms with Crippen LogP contribution in [0.15, 0.2) is 59.1 Å². The fourth-order valence-electron chi connectivity index (χ4n) is 2.09. The summed E-state index contributed by atoms with van der Waals surface area (Å²) in [7, 11) is 0. The van der Waals surface area contributed by atoms with Gasteiger partial charge in [-0.05, 0) is 24.3 Å². The third-order valence-electron chi connectivity index (χ3n) is 3.12. The quantitative estimate of drug-likeness (QED) is 0.581. The van der Waals surface area contributed by atoms with Crippen LogP contribution in [0.2, 0.25) is 0 Å². The average molecular weight is 372 g/mol. The summed E-state index contributed by atoms with van der Waals surface area (Å²) < 4.78 is 2.79. The highest BCUT2D eigenvalue weighted by atomic mass is 79.9. The lowest BCUT2D eigenvalue weighted by atomic mass is 10.2. The highest BCUT2D eigenvalue weighted by Gasteiger charge is 2.13. The van der Waals surface area contributed by atoms with Crippen molar-refractivity contribution in [3.63, 3.8) is 0 Å². The normalized spacial score (nSPS) is 11.0. The zero-order valence-electron chi connectivity index (χ0n) is 11.3. The number of hydrogen-bond donors (Lipinski definition) is 1. The van der Waals surface area contributed by atoms with E-state index in [1.54, 1.807) is 4.52 Å². The maximum absolute atomic E-state index is 4.55. The van der Waals surface area contributed by atoms with Crippen molar-refractivity contribution in [3.8, 4) is 11.4 Å². The van der Waals surface area contributed by atoms with Crippen LogP contribution in [0.5, 0.6) is 0 Å². The minimum atomic E-state index is 0.736. The van der Waals surface area contributed by atoms with Gasteiger partial charge in [0.1, 0.15) is 0 Å². The Kier molecular flexibility index (Phi) is 3.36. The number of fused-ring (bicyclic) bond motifs is 1. The number of para-hydroxylation sites is 1. The molecule has 0 atom stereocenters. The van der Waals surface area contributed by atoms with E-state index in [0.29, 0.717) is 0 Å². The first-order chi connectivity index (χ1) is 10.8. The van der Waals surface area contributed by atoms with Crippen molar-refractivity contribution < 1.29 is 0 Å². The molecule has 0 spiro atoms. The van der Waals surface area contributed by atoms with E-state index in [9.17, 15) is 0 Å². The smallest absolute Gasteiger partial charge is 0.236 e. The second-order valence-electron chi connectivity index (χ2n) is 4.62. The van der Waals surface area contributed by atoms with Crippen LogP contribution < -0.4 is 5.32 Å². The number of aromatic nitrogens is 4. The van der Waals surface area contributed by atoms with Gasteiger partial charge in [-0.1, -0.05) is 57.6 Å². The van der Waals surface area contributed by atoms with Crippen molar-refractivity contribution >= 4 is 43.0 Å². The van der Waals surface area contributed by atoms with Crippen LogP contribution in [-0.4, -0.2) is 19.8 Å². The third-order valence-corrected chi connectivity index (χ3v) is 4.46. The number of benzene rings is 2. The molecular formula is C15H10BrN5S. The van der Waals surface area contributed by atoms with Gasteiger partial charge in [0.2, 0.25) is 10.1 Å². The Bertz CT molecular complexity index is 914. The molecular weight excluding hydrogens is 362 g/mol. The Morgan fingerprint density at radius 1 is 0.955 bits per heavy atom. The lowest BCUT2D eigenvalue weighted by Crippen LogP contribution is -1.93. The molecule has 0 radical (unpaired) electrons. The first kappa shape index (κ1) is 13.4. The summed E-state index contributed by atoms with van der Waals surface area (Å²) in [6.07, 6.45) is 0. The third kappa shape index (κ3) is 2.49. The molecule has 2 heterocycles. The first-order valence-corrected chi connectivity index (χ1v) is 8.21. The number of nitrogens with zero attached hydrogens (tertiary/aromatic N) is 4. The van der Waals surface area contributed by atoms with Crippen molar-refractivity contribution in [1.82, 2.24) is 19.8 Å². The zero-order chi connectivity index (χ0) is 14.9. The molecule has 0 fully saturated rings. The number of halogens is 1. The van der Waals surface area contributed by atoms with Gasteiger partial charge in [0.15, 0.2) is 5.82 Å². The predicted molar refractivity (Wildman–Crippen MR) is 91.5 cm³/mol. The molecule has 0 unspecified atom stereocenters. The topological polar surface area (TPSA) is 55.1 Å². The molecule has 22 heavy (non-hydrogen) atoms. The molecule has 0 saturated carbocycles. The Hall–Kier alpha value is -2.25. The minimum absolute atomic E-state index is 0.736. The van der Waals surface area contributed by atoms with Crippen LogP contribution in [0.1, 0.15) is 0 Å². The lowest BCUT2D eigenvalue weighted by molar-refractivity contribution is 0.970. The highest BCUT2D eigenvalue weighted by Crippen LogP contribution is 2.26. The van der Waals surface area contributed by atoms with Crippen molar-refractivity contribution in [2.24, 2.45) is 0 Å². The molecule has 2 aromatic carbocycles. The fraction of sp³-hybridized carbons (Fsp3) is 0. The van der Waals surface area contributed by atoms with Crippen molar-refractivity contribution in [2.75, 3.05) is 5.32 Å². The SMILES string of the molecule is Brc1ccc(-c2nnc3sc(Nc4ccccc4)nn23)cc1. The highest BCUT2D eigenvalue weighted by molar-refractivity contribution is 9.10. The number of hydrogen-bond acceptors (Lipinski definition) is 5. The maximum atomic E-state index is 4.55. The Labute approximate surface area is 138 Å². The van der Waals surface area contributed by atoms with Crippen LogP contribution in [-0.2, 0) is 0 Å². The van der Waals surface area contributed by atoms with Gasteiger partial charge in [0, 0.05) is 15.7 Å². The molecule has 0 aliphatic heterocycles. The summed E-state index contributed by atoms with van der Waals surface area (Å²) in [5.74, 6) is 0.736. The molecule has 108 valence electrons. The summed E-state index contributed by atoms with van der Waals surface area (Å²) in [6, 6.07) is 17.9. The van der Waals surface area contributed by atoms with E-state index in [4.69, 9.17) is 0 Å². The van der Waals surface area contributed by atoms with Gasteiger partial charge < -0.3 is 5.32 Å². The molecule has 7 heteroatoms. The van der Waals surface area contributed by atoms with E-state index in [1.165, 1.54) is 11.3 Å². The Balaban J connectivity index is 1.71. The van der Waals surface area contributed by atoms with Gasteiger partial charge in [0.05, 0.1) is 0 Å². The second-order valence-corrected chi connectivity index (χ2v) is 6.49. The summed E-state index contributed by atoms with van der Waals surface area (Å²) in [5, 5.41) is 17.0. The van der Waals surface area contributed by atoms with Gasteiger partial charge in [0.25, 0.3) is 0 Å². The van der Waals surface area contributed by atoms with Gasteiger partial charge in [-0.3, -0.25) is 0 Å². The lowest BCUT2D eigenvalue weighted by Gasteiger charge is -2.00. The van der Waals surface area contributed by atoms with Crippen LogP contribution in [0.3, 0.4) is 0 Å². The van der Waals surface area contributed by atoms with Crippen molar-refractivity contribution in [3.05, 3.63) is 59.1 Å². The Morgan fingerprint density at radius 3 is 2.50 bits per heavy atom. The van der Waals surface area contributed by atoms with E-state index in [0.717, 1.165) is 31.6 Å². The standard InChI is InChI=1S/C15H10BrN5S/c16-11-8-6-10(7-9-11)13-18-19-15-21(13)20-14(22-15)17-12-4-2-1-3-5-12/h1-9H,(H,17,20). The van der Waals surface area contributed by atoms with E-state index in [2.05, 4.69) is 36.5 Å². The molecule has 5 nitrogen and oxygen atoms in total. The Morgan fingerprint density at radius 2 is 1.73 bits per heavy atom. The summed E-state index contributed by atoms with van der Waals surface area (Å²) in [5.41, 5.74) is 1.98. The summed E-state index contributed by atoms with van der Waals surface area (Å²) >= 11 is 4.90. The van der Waals surface area contributed by atoms with Gasteiger partial charge in [-0.15, -0.1) is 15.3 Å². The van der Waals surface area contributed by atoms with Gasteiger partial charge in [-0.2, -0.15) is 4.52 Å². The minimum Gasteiger partial charge on any atom is -0.330 e. The molecule has 0 saturated heterocycles. The summed E-state index contributed by atoms with van der Waals surface area (Å²) in [4.78, 5) is 0.761. The van der Waals surface area contributed by atoms with Crippen LogP contribution in [0.4, 0.5) is 10.8 Å². The van der Waals surface area contributed by atoms with Crippen molar-refractivity contribution in [2.45, 2.75) is 0 Å². The van der Waals surface area contributed by atoms with Crippen LogP contribution in [0, 0.1) is 0 Å². The van der Waals surface area contributed by atoms with Crippen LogP contribution in [0.25, 0.3) is 16.3 Å². The molecule has 0 aliphatic rings. The number of anilines is 2. The first-order valence-electron chi connectivity index (χ1n) is 6.60. The largest absolute Gasteiger partial charge is 0.330 e. The molecule has 0 amide bonds. The maximum Gasteiger partial charge on any atom is 0.236 e. The van der Waals surface area contributed by atoms with E-state index in [1.807, 2.05) is 54.6 Å². The van der Waals surface area contributed by atoms with Crippen molar-refractivity contribution in [1.29, 1.82) is 0 Å². The monoisotopic (exact) mass is 371 g/mol. The second kappa shape index (κ2) is 5.51. The number of rotatable bonds is 3. The molecule has 2 aromatic heterocycles. The van der Waals surface area contributed by atoms with Gasteiger partial charge >= 0.3 is 0 Å². The van der Waals surface area contributed by atoms with Crippen LogP contribution >= 0.6 is 27.3 Å².